The number of benzene rings is 2. The summed E-state index contributed by atoms with van der Waals surface area (Å²) >= 11 is 0. The Labute approximate surface area is 108 Å². The average Bonchev–Trinajstić information content (AvgIpc) is 2.34. The lowest BCUT2D eigenvalue weighted by atomic mass is 10.2. The first-order chi connectivity index (χ1) is 8.99. The molecule has 0 atom stereocenters. The van der Waals surface area contributed by atoms with Crippen LogP contribution in [-0.2, 0) is 0 Å². The van der Waals surface area contributed by atoms with Crippen LogP contribution in [0, 0.1) is 18.6 Å². The topological polar surface area (TPSA) is 46.5 Å². The Morgan fingerprint density at radius 1 is 1.21 bits per heavy atom. The highest BCUT2D eigenvalue weighted by Gasteiger charge is 2.17. The molecule has 3 nitrogen and oxygen atoms in total. The van der Waals surface area contributed by atoms with E-state index in [1.807, 2.05) is 0 Å². The predicted molar refractivity (Wildman–Crippen MR) is 64.6 cm³/mol. The van der Waals surface area contributed by atoms with Gasteiger partial charge in [0.2, 0.25) is 0 Å². The summed E-state index contributed by atoms with van der Waals surface area (Å²) < 4.78 is 31.9. The van der Waals surface area contributed by atoms with Gasteiger partial charge in [-0.25, -0.2) is 13.6 Å². The van der Waals surface area contributed by atoms with E-state index in [1.165, 1.54) is 24.3 Å². The molecule has 0 amide bonds. The first-order valence-corrected chi connectivity index (χ1v) is 5.45. The third-order valence-electron chi connectivity index (χ3n) is 2.55. The molecule has 0 saturated heterocycles. The second-order valence-electron chi connectivity index (χ2n) is 3.93. The average molecular weight is 264 g/mol. The van der Waals surface area contributed by atoms with Crippen LogP contribution in [0.4, 0.5) is 8.78 Å². The summed E-state index contributed by atoms with van der Waals surface area (Å²) in [4.78, 5) is 11.0. The molecule has 0 bridgehead atoms. The first kappa shape index (κ1) is 13.0. The summed E-state index contributed by atoms with van der Waals surface area (Å²) in [6.07, 6.45) is 0. The number of carboxylic acid groups (broad SMARTS) is 1. The molecule has 0 spiro atoms. The van der Waals surface area contributed by atoms with E-state index in [4.69, 9.17) is 9.84 Å². The lowest BCUT2D eigenvalue weighted by molar-refractivity contribution is 0.0693. The number of ether oxygens (including phenoxy) is 1. The van der Waals surface area contributed by atoms with Gasteiger partial charge in [-0.05, 0) is 42.8 Å². The third-order valence-corrected chi connectivity index (χ3v) is 2.55. The quantitative estimate of drug-likeness (QED) is 0.918. The van der Waals surface area contributed by atoms with Gasteiger partial charge in [-0.1, -0.05) is 6.07 Å². The number of rotatable bonds is 3. The summed E-state index contributed by atoms with van der Waals surface area (Å²) in [6.45, 7) is 1.58. The van der Waals surface area contributed by atoms with Crippen LogP contribution in [0.25, 0.3) is 0 Å². The monoisotopic (exact) mass is 264 g/mol. The fraction of sp³-hybridized carbons (Fsp3) is 0.0714. The molecular formula is C14H10F2O3. The van der Waals surface area contributed by atoms with E-state index in [2.05, 4.69) is 0 Å². The lowest BCUT2D eigenvalue weighted by Crippen LogP contribution is -2.02. The van der Waals surface area contributed by atoms with Gasteiger partial charge in [0, 0.05) is 0 Å². The van der Waals surface area contributed by atoms with Gasteiger partial charge in [0.15, 0.2) is 11.6 Å². The zero-order chi connectivity index (χ0) is 14.0. The summed E-state index contributed by atoms with van der Waals surface area (Å²) in [5, 5.41) is 8.97. The highest BCUT2D eigenvalue weighted by Crippen LogP contribution is 2.30. The Bertz CT molecular complexity index is 639. The zero-order valence-electron chi connectivity index (χ0n) is 9.98. The molecule has 19 heavy (non-hydrogen) atoms. The van der Waals surface area contributed by atoms with E-state index in [0.717, 1.165) is 12.1 Å². The molecule has 0 aliphatic heterocycles. The van der Waals surface area contributed by atoms with Gasteiger partial charge in [0.1, 0.15) is 17.1 Å². The first-order valence-electron chi connectivity index (χ1n) is 5.45. The van der Waals surface area contributed by atoms with Crippen molar-refractivity contribution in [3.8, 4) is 11.5 Å². The molecule has 0 fully saturated rings. The van der Waals surface area contributed by atoms with E-state index >= 15 is 0 Å². The normalized spacial score (nSPS) is 10.3. The van der Waals surface area contributed by atoms with Gasteiger partial charge in [0.25, 0.3) is 0 Å². The van der Waals surface area contributed by atoms with Crippen LogP contribution in [0.3, 0.4) is 0 Å². The minimum Gasteiger partial charge on any atom is -0.478 e. The summed E-state index contributed by atoms with van der Waals surface area (Å²) in [5.41, 5.74) is 0.156. The van der Waals surface area contributed by atoms with Gasteiger partial charge in [0.05, 0.1) is 0 Å². The van der Waals surface area contributed by atoms with Crippen LogP contribution in [0.2, 0.25) is 0 Å². The van der Waals surface area contributed by atoms with Gasteiger partial charge >= 0.3 is 5.97 Å². The minimum atomic E-state index is -1.30. The van der Waals surface area contributed by atoms with Crippen molar-refractivity contribution in [3.63, 3.8) is 0 Å². The summed E-state index contributed by atoms with van der Waals surface area (Å²) in [7, 11) is 0. The van der Waals surface area contributed by atoms with Crippen molar-refractivity contribution in [3.05, 3.63) is 59.2 Å². The summed E-state index contributed by atoms with van der Waals surface area (Å²) in [5.74, 6) is -2.71. The van der Waals surface area contributed by atoms with Crippen LogP contribution in [0.5, 0.6) is 11.5 Å². The highest BCUT2D eigenvalue weighted by molar-refractivity contribution is 5.91. The van der Waals surface area contributed by atoms with Gasteiger partial charge in [-0.3, -0.25) is 0 Å². The van der Waals surface area contributed by atoms with Crippen molar-refractivity contribution >= 4 is 5.97 Å². The van der Waals surface area contributed by atoms with Gasteiger partial charge < -0.3 is 9.84 Å². The molecule has 0 aliphatic carbocycles. The largest absolute Gasteiger partial charge is 0.478 e. The smallest absolute Gasteiger partial charge is 0.339 e. The maximum absolute atomic E-state index is 13.6. The molecule has 0 saturated carbocycles. The number of halogens is 2. The minimum absolute atomic E-state index is 0.203. The maximum atomic E-state index is 13.6. The Morgan fingerprint density at radius 3 is 2.58 bits per heavy atom. The molecule has 0 aromatic heterocycles. The Kier molecular flexibility index (Phi) is 3.46. The van der Waals surface area contributed by atoms with Crippen molar-refractivity contribution in [1.82, 2.24) is 0 Å². The van der Waals surface area contributed by atoms with E-state index in [9.17, 15) is 13.6 Å². The van der Waals surface area contributed by atoms with Crippen molar-refractivity contribution in [2.45, 2.75) is 6.92 Å². The van der Waals surface area contributed by atoms with Crippen molar-refractivity contribution in [2.24, 2.45) is 0 Å². The molecule has 0 unspecified atom stereocenters. The van der Waals surface area contributed by atoms with Crippen LogP contribution in [0.1, 0.15) is 15.9 Å². The molecular weight excluding hydrogens is 254 g/mol. The number of carboxylic acids is 1. The molecule has 5 heteroatoms. The van der Waals surface area contributed by atoms with Crippen LogP contribution in [0.15, 0.2) is 36.4 Å². The number of para-hydroxylation sites is 1. The molecule has 2 aromatic rings. The lowest BCUT2D eigenvalue weighted by Gasteiger charge is -2.11. The van der Waals surface area contributed by atoms with E-state index in [0.29, 0.717) is 5.56 Å². The second-order valence-corrected chi connectivity index (χ2v) is 3.93. The Hall–Kier alpha value is -2.43. The highest BCUT2D eigenvalue weighted by atomic mass is 19.1. The predicted octanol–water partition coefficient (Wildman–Crippen LogP) is 3.76. The van der Waals surface area contributed by atoms with Gasteiger partial charge in [-0.2, -0.15) is 0 Å². The Morgan fingerprint density at radius 2 is 1.95 bits per heavy atom. The van der Waals surface area contributed by atoms with Gasteiger partial charge in [-0.15, -0.1) is 0 Å². The number of hydrogen-bond acceptors (Lipinski definition) is 2. The van der Waals surface area contributed by atoms with Crippen LogP contribution < -0.4 is 4.74 Å². The third kappa shape index (κ3) is 2.70. The molecule has 2 rings (SSSR count). The fourth-order valence-electron chi connectivity index (χ4n) is 1.62. The molecule has 2 aromatic carbocycles. The molecule has 0 aliphatic rings. The van der Waals surface area contributed by atoms with Crippen molar-refractivity contribution in [1.29, 1.82) is 0 Å². The van der Waals surface area contributed by atoms with E-state index < -0.39 is 17.6 Å². The number of aromatic carboxylic acids is 1. The van der Waals surface area contributed by atoms with Crippen molar-refractivity contribution < 1.29 is 23.4 Å². The number of aryl methyl sites for hydroxylation is 1. The fourth-order valence-corrected chi connectivity index (χ4v) is 1.62. The van der Waals surface area contributed by atoms with E-state index in [-0.39, 0.29) is 17.1 Å². The molecule has 0 heterocycles. The molecule has 98 valence electrons. The molecule has 1 N–H and O–H groups in total. The zero-order valence-corrected chi connectivity index (χ0v) is 9.98. The Balaban J connectivity index is 2.46. The van der Waals surface area contributed by atoms with Crippen LogP contribution in [-0.4, -0.2) is 11.1 Å². The van der Waals surface area contributed by atoms with E-state index in [1.54, 1.807) is 6.92 Å². The standard InChI is InChI=1S/C14H10F2O3/c1-8-7-9(15)5-6-12(8)19-13-10(14(17)18)3-2-4-11(13)16/h2-7H,1H3,(H,17,18). The summed E-state index contributed by atoms with van der Waals surface area (Å²) in [6, 6.07) is 7.31. The number of hydrogen-bond donors (Lipinski definition) is 1. The van der Waals surface area contributed by atoms with Crippen molar-refractivity contribution in [2.75, 3.05) is 0 Å². The van der Waals surface area contributed by atoms with Crippen LogP contribution >= 0.6 is 0 Å². The second kappa shape index (κ2) is 5.06. The number of carbonyl (C=O) groups is 1. The maximum Gasteiger partial charge on any atom is 0.339 e. The SMILES string of the molecule is Cc1cc(F)ccc1Oc1c(F)cccc1C(=O)O. The molecule has 0 radical (unpaired) electrons.